The Morgan fingerprint density at radius 1 is 0.640 bits per heavy atom. The van der Waals surface area contributed by atoms with E-state index in [4.69, 9.17) is 0 Å². The molecule has 0 amide bonds. The zero-order chi connectivity index (χ0) is 18.8. The van der Waals surface area contributed by atoms with Crippen LogP contribution in [0, 0.1) is 5.92 Å². The van der Waals surface area contributed by atoms with Crippen molar-refractivity contribution in [3.05, 3.63) is 0 Å². The summed E-state index contributed by atoms with van der Waals surface area (Å²) in [6, 6.07) is 0. The molecule has 0 fully saturated rings. The van der Waals surface area contributed by atoms with Crippen LogP contribution in [0.1, 0.15) is 117 Å². The second-order valence-electron chi connectivity index (χ2n) is 8.62. The summed E-state index contributed by atoms with van der Waals surface area (Å²) in [5, 5.41) is 0. The van der Waals surface area contributed by atoms with Gasteiger partial charge in [0.15, 0.2) is 0 Å². The Bertz CT molecular complexity index is 286. The minimum atomic E-state index is 0.468. The summed E-state index contributed by atoms with van der Waals surface area (Å²) in [6.45, 7) is 5.68. The quantitative estimate of drug-likeness (QED) is 0.233. The van der Waals surface area contributed by atoms with Gasteiger partial charge in [-0.25, -0.2) is 0 Å². The normalized spacial score (nSPS) is 11.6. The molecule has 0 unspecified atom stereocenters. The first-order chi connectivity index (χ1) is 12.0. The number of Topliss-reactive ketones (excluding diaryl/α,β-unsaturated/α-hetero) is 1. The molecule has 0 aromatic carbocycles. The molecule has 0 atom stereocenters. The molecule has 0 heterocycles. The van der Waals surface area contributed by atoms with Gasteiger partial charge in [-0.15, -0.1) is 0 Å². The number of unbranched alkanes of at least 4 members (excludes halogenated alkanes) is 11. The predicted molar refractivity (Wildman–Crippen MR) is 112 cm³/mol. The first kappa shape index (κ1) is 24.6. The Hall–Kier alpha value is -0.370. The molecule has 25 heavy (non-hydrogen) atoms. The molecular formula is C23H47NO. The summed E-state index contributed by atoms with van der Waals surface area (Å²) in [5.41, 5.74) is 0. The van der Waals surface area contributed by atoms with Crippen LogP contribution in [0.25, 0.3) is 0 Å². The average Bonchev–Trinajstić information content (AvgIpc) is 2.54. The highest BCUT2D eigenvalue weighted by Crippen LogP contribution is 2.14. The second-order valence-corrected chi connectivity index (χ2v) is 8.62. The number of ketones is 1. The van der Waals surface area contributed by atoms with Crippen molar-refractivity contribution in [2.45, 2.75) is 117 Å². The molecule has 0 spiro atoms. The molecule has 0 aliphatic rings. The molecule has 0 aliphatic heterocycles. The highest BCUT2D eigenvalue weighted by Gasteiger charge is 2.02. The Balaban J connectivity index is 3.12. The topological polar surface area (TPSA) is 20.3 Å². The van der Waals surface area contributed by atoms with Gasteiger partial charge in [0.1, 0.15) is 5.78 Å². The molecule has 0 aliphatic carbocycles. The summed E-state index contributed by atoms with van der Waals surface area (Å²) in [6.07, 6.45) is 20.4. The van der Waals surface area contributed by atoms with Crippen molar-refractivity contribution in [1.82, 2.24) is 4.90 Å². The van der Waals surface area contributed by atoms with Crippen LogP contribution in [0.2, 0.25) is 0 Å². The second kappa shape index (κ2) is 18.4. The monoisotopic (exact) mass is 353 g/mol. The van der Waals surface area contributed by atoms with Crippen molar-refractivity contribution >= 4 is 5.78 Å². The largest absolute Gasteiger partial charge is 0.309 e. The van der Waals surface area contributed by atoms with Crippen LogP contribution in [0.4, 0.5) is 0 Å². The minimum Gasteiger partial charge on any atom is -0.309 e. The summed E-state index contributed by atoms with van der Waals surface area (Å²) < 4.78 is 0. The number of hydrogen-bond acceptors (Lipinski definition) is 2. The van der Waals surface area contributed by atoms with E-state index in [1.54, 1.807) is 0 Å². The minimum absolute atomic E-state index is 0.468. The van der Waals surface area contributed by atoms with Gasteiger partial charge in [-0.1, -0.05) is 90.9 Å². The lowest BCUT2D eigenvalue weighted by molar-refractivity contribution is -0.119. The smallest absolute Gasteiger partial charge is 0.132 e. The van der Waals surface area contributed by atoms with E-state index in [-0.39, 0.29) is 0 Å². The summed E-state index contributed by atoms with van der Waals surface area (Å²) in [5.74, 6) is 1.34. The number of nitrogens with zero attached hydrogens (tertiary/aromatic N) is 1. The third-order valence-electron chi connectivity index (χ3n) is 5.05. The van der Waals surface area contributed by atoms with E-state index < -0.39 is 0 Å². The van der Waals surface area contributed by atoms with Crippen molar-refractivity contribution in [1.29, 1.82) is 0 Å². The van der Waals surface area contributed by atoms with Crippen LogP contribution in [0.3, 0.4) is 0 Å². The third-order valence-corrected chi connectivity index (χ3v) is 5.05. The maximum Gasteiger partial charge on any atom is 0.132 e. The standard InChI is InChI=1S/C23H47NO/c1-22(2)18-15-13-11-9-7-5-6-8-10-12-14-16-19-23(25)20-17-21-24(3)4/h22H,5-21H2,1-4H3. The molecular weight excluding hydrogens is 306 g/mol. The van der Waals surface area contributed by atoms with E-state index in [9.17, 15) is 4.79 Å². The first-order valence-corrected chi connectivity index (χ1v) is 11.2. The zero-order valence-electron chi connectivity index (χ0n) is 18.0. The molecule has 0 bridgehead atoms. The summed E-state index contributed by atoms with van der Waals surface area (Å²) >= 11 is 0. The molecule has 0 radical (unpaired) electrons. The van der Waals surface area contributed by atoms with Gasteiger partial charge in [-0.2, -0.15) is 0 Å². The van der Waals surface area contributed by atoms with Crippen molar-refractivity contribution in [3.63, 3.8) is 0 Å². The zero-order valence-corrected chi connectivity index (χ0v) is 18.0. The van der Waals surface area contributed by atoms with E-state index in [1.165, 1.54) is 77.0 Å². The van der Waals surface area contributed by atoms with Crippen LogP contribution in [0.5, 0.6) is 0 Å². The highest BCUT2D eigenvalue weighted by molar-refractivity contribution is 5.78. The molecule has 150 valence electrons. The Morgan fingerprint density at radius 2 is 1.04 bits per heavy atom. The number of carbonyl (C=O) groups is 1. The van der Waals surface area contributed by atoms with E-state index in [2.05, 4.69) is 32.8 Å². The van der Waals surface area contributed by atoms with Crippen LogP contribution in [-0.4, -0.2) is 31.3 Å². The number of hydrogen-bond donors (Lipinski definition) is 0. The molecule has 2 nitrogen and oxygen atoms in total. The maximum absolute atomic E-state index is 11.7. The van der Waals surface area contributed by atoms with Crippen molar-refractivity contribution in [3.8, 4) is 0 Å². The van der Waals surface area contributed by atoms with Gasteiger partial charge >= 0.3 is 0 Å². The molecule has 0 N–H and O–H groups in total. The number of rotatable bonds is 19. The van der Waals surface area contributed by atoms with Gasteiger partial charge in [-0.05, 0) is 39.4 Å². The first-order valence-electron chi connectivity index (χ1n) is 11.2. The van der Waals surface area contributed by atoms with E-state index >= 15 is 0 Å². The fourth-order valence-corrected chi connectivity index (χ4v) is 3.36. The van der Waals surface area contributed by atoms with Gasteiger partial charge in [0.2, 0.25) is 0 Å². The molecule has 0 rings (SSSR count). The summed E-state index contributed by atoms with van der Waals surface area (Å²) in [4.78, 5) is 13.9. The van der Waals surface area contributed by atoms with E-state index in [0.29, 0.717) is 5.78 Å². The summed E-state index contributed by atoms with van der Waals surface area (Å²) in [7, 11) is 4.14. The van der Waals surface area contributed by atoms with Gasteiger partial charge in [0.05, 0.1) is 0 Å². The van der Waals surface area contributed by atoms with Crippen molar-refractivity contribution in [2.75, 3.05) is 20.6 Å². The lowest BCUT2D eigenvalue weighted by atomic mass is 10.0. The van der Waals surface area contributed by atoms with Gasteiger partial charge in [0, 0.05) is 12.8 Å². The van der Waals surface area contributed by atoms with Gasteiger partial charge < -0.3 is 4.90 Å². The fraction of sp³-hybridized carbons (Fsp3) is 0.957. The van der Waals surface area contributed by atoms with Crippen molar-refractivity contribution < 1.29 is 4.79 Å². The lowest BCUT2D eigenvalue weighted by Crippen LogP contribution is -2.14. The molecule has 2 heteroatoms. The van der Waals surface area contributed by atoms with Gasteiger partial charge in [-0.3, -0.25) is 4.79 Å². The molecule has 0 aromatic heterocycles. The van der Waals surface area contributed by atoms with E-state index in [0.717, 1.165) is 38.1 Å². The fourth-order valence-electron chi connectivity index (χ4n) is 3.36. The Morgan fingerprint density at radius 3 is 1.48 bits per heavy atom. The van der Waals surface area contributed by atoms with Gasteiger partial charge in [0.25, 0.3) is 0 Å². The van der Waals surface area contributed by atoms with Crippen molar-refractivity contribution in [2.24, 2.45) is 5.92 Å². The van der Waals surface area contributed by atoms with E-state index in [1.807, 2.05) is 0 Å². The van der Waals surface area contributed by atoms with Crippen LogP contribution < -0.4 is 0 Å². The van der Waals surface area contributed by atoms with Crippen LogP contribution >= 0.6 is 0 Å². The number of carbonyl (C=O) groups excluding carboxylic acids is 1. The molecule has 0 saturated heterocycles. The molecule has 0 aromatic rings. The SMILES string of the molecule is CC(C)CCCCCCCCCCCCCCC(=O)CCCN(C)C. The molecule has 0 saturated carbocycles. The maximum atomic E-state index is 11.7. The lowest BCUT2D eigenvalue weighted by Gasteiger charge is -2.08. The van der Waals surface area contributed by atoms with Crippen LogP contribution in [0.15, 0.2) is 0 Å². The third kappa shape index (κ3) is 21.6. The average molecular weight is 354 g/mol. The van der Waals surface area contributed by atoms with Crippen LogP contribution in [-0.2, 0) is 4.79 Å². The predicted octanol–water partition coefficient (Wildman–Crippen LogP) is 7.01. The Labute approximate surface area is 159 Å². The highest BCUT2D eigenvalue weighted by atomic mass is 16.1. The Kier molecular flexibility index (Phi) is 18.1.